The maximum atomic E-state index is 13.5. The number of ether oxygens (including phenoxy) is 2. The molecule has 2 amide bonds. The number of carbonyl (C=O) groups is 2. The first-order valence-electron chi connectivity index (χ1n) is 10.9. The molecule has 0 unspecified atom stereocenters. The quantitative estimate of drug-likeness (QED) is 0.599. The van der Waals surface area contributed by atoms with E-state index in [2.05, 4.69) is 5.32 Å². The van der Waals surface area contributed by atoms with Crippen LogP contribution in [0.15, 0.2) is 72.8 Å². The van der Waals surface area contributed by atoms with Crippen LogP contribution in [0, 0.1) is 0 Å². The molecule has 0 saturated heterocycles. The summed E-state index contributed by atoms with van der Waals surface area (Å²) in [6.45, 7) is 2.50. The smallest absolute Gasteiger partial charge is 0.255 e. The molecular weight excluding hydrogens is 416 g/mol. The summed E-state index contributed by atoms with van der Waals surface area (Å²) in [6.07, 6.45) is 0.439. The van der Waals surface area contributed by atoms with E-state index in [1.807, 2.05) is 79.7 Å². The van der Waals surface area contributed by atoms with Crippen LogP contribution < -0.4 is 14.8 Å². The maximum absolute atomic E-state index is 13.5. The molecule has 1 atom stereocenters. The van der Waals surface area contributed by atoms with Gasteiger partial charge in [-0.15, -0.1) is 0 Å². The summed E-state index contributed by atoms with van der Waals surface area (Å²) in [7, 11) is 3.23. The second kappa shape index (κ2) is 9.36. The first-order chi connectivity index (χ1) is 15.9. The van der Waals surface area contributed by atoms with Gasteiger partial charge in [0.2, 0.25) is 5.91 Å². The highest BCUT2D eigenvalue weighted by Gasteiger charge is 2.46. The van der Waals surface area contributed by atoms with Crippen LogP contribution in [0.2, 0.25) is 0 Å². The standard InChI is InChI=1S/C27H28N2O4/c1-27(26(31)28-17-20-7-6-9-23(15-20)33-3)16-21-8-4-5-10-24(21)25(30)29(27)18-19-11-13-22(32-2)14-12-19/h4-15H,16-18H2,1-3H3,(H,28,31)/t27-/m0/s1. The molecular formula is C27H28N2O4. The molecule has 170 valence electrons. The number of methoxy groups -OCH3 is 2. The summed E-state index contributed by atoms with van der Waals surface area (Å²) in [5.74, 6) is 1.14. The monoisotopic (exact) mass is 444 g/mol. The number of nitrogens with one attached hydrogen (secondary N) is 1. The van der Waals surface area contributed by atoms with Crippen LogP contribution >= 0.6 is 0 Å². The van der Waals surface area contributed by atoms with E-state index in [-0.39, 0.29) is 11.8 Å². The van der Waals surface area contributed by atoms with Crippen molar-refractivity contribution in [1.82, 2.24) is 10.2 Å². The van der Waals surface area contributed by atoms with Gasteiger partial charge in [0.15, 0.2) is 0 Å². The van der Waals surface area contributed by atoms with Crippen molar-refractivity contribution in [3.63, 3.8) is 0 Å². The third kappa shape index (κ3) is 4.55. The normalized spacial score (nSPS) is 17.3. The van der Waals surface area contributed by atoms with Crippen LogP contribution in [-0.2, 0) is 24.3 Å². The van der Waals surface area contributed by atoms with E-state index in [0.717, 1.165) is 28.2 Å². The molecule has 0 fully saturated rings. The number of hydrogen-bond acceptors (Lipinski definition) is 4. The Balaban J connectivity index is 1.62. The second-order valence-corrected chi connectivity index (χ2v) is 8.38. The number of amides is 2. The molecule has 4 rings (SSSR count). The Labute approximate surface area is 194 Å². The van der Waals surface area contributed by atoms with E-state index in [9.17, 15) is 9.59 Å². The number of hydrogen-bond donors (Lipinski definition) is 1. The summed E-state index contributed by atoms with van der Waals surface area (Å²) >= 11 is 0. The SMILES string of the molecule is COc1ccc(CN2C(=O)c3ccccc3C[C@@]2(C)C(=O)NCc2cccc(OC)c2)cc1. The van der Waals surface area contributed by atoms with Crippen molar-refractivity contribution in [2.75, 3.05) is 14.2 Å². The Bertz CT molecular complexity index is 1160. The van der Waals surface area contributed by atoms with Gasteiger partial charge in [0, 0.05) is 25.1 Å². The Kier molecular flexibility index (Phi) is 6.36. The van der Waals surface area contributed by atoms with E-state index in [4.69, 9.17) is 9.47 Å². The van der Waals surface area contributed by atoms with E-state index in [1.165, 1.54) is 0 Å². The highest BCUT2D eigenvalue weighted by atomic mass is 16.5. The van der Waals surface area contributed by atoms with Gasteiger partial charge in [-0.25, -0.2) is 0 Å². The van der Waals surface area contributed by atoms with Crippen LogP contribution in [0.1, 0.15) is 34.0 Å². The minimum atomic E-state index is -1.04. The summed E-state index contributed by atoms with van der Waals surface area (Å²) in [4.78, 5) is 28.8. The average molecular weight is 445 g/mol. The largest absolute Gasteiger partial charge is 0.497 e. The predicted molar refractivity (Wildman–Crippen MR) is 126 cm³/mol. The molecule has 0 bridgehead atoms. The molecule has 0 radical (unpaired) electrons. The second-order valence-electron chi connectivity index (χ2n) is 8.38. The minimum absolute atomic E-state index is 0.147. The van der Waals surface area contributed by atoms with Crippen molar-refractivity contribution in [3.05, 3.63) is 95.1 Å². The molecule has 0 saturated carbocycles. The number of benzene rings is 3. The number of nitrogens with zero attached hydrogens (tertiary/aromatic N) is 1. The van der Waals surface area contributed by atoms with E-state index < -0.39 is 5.54 Å². The van der Waals surface area contributed by atoms with E-state index >= 15 is 0 Å². The zero-order valence-corrected chi connectivity index (χ0v) is 19.1. The van der Waals surface area contributed by atoms with Gasteiger partial charge in [-0.3, -0.25) is 9.59 Å². The van der Waals surface area contributed by atoms with Crippen LogP contribution in [0.5, 0.6) is 11.5 Å². The molecule has 0 aliphatic carbocycles. The van der Waals surface area contributed by atoms with Gasteiger partial charge in [-0.1, -0.05) is 42.5 Å². The fourth-order valence-electron chi connectivity index (χ4n) is 4.24. The van der Waals surface area contributed by atoms with Gasteiger partial charge >= 0.3 is 0 Å². The number of fused-ring (bicyclic) bond motifs is 1. The Morgan fingerprint density at radius 2 is 1.67 bits per heavy atom. The number of carbonyl (C=O) groups excluding carboxylic acids is 2. The fraction of sp³-hybridized carbons (Fsp3) is 0.259. The molecule has 33 heavy (non-hydrogen) atoms. The summed E-state index contributed by atoms with van der Waals surface area (Å²) in [5, 5.41) is 3.04. The third-order valence-electron chi connectivity index (χ3n) is 6.20. The lowest BCUT2D eigenvalue weighted by Gasteiger charge is -2.44. The van der Waals surface area contributed by atoms with Crippen LogP contribution in [0.4, 0.5) is 0 Å². The molecule has 1 aliphatic rings. The van der Waals surface area contributed by atoms with Crippen LogP contribution in [-0.4, -0.2) is 36.5 Å². The molecule has 0 spiro atoms. The van der Waals surface area contributed by atoms with Gasteiger partial charge in [-0.2, -0.15) is 0 Å². The predicted octanol–water partition coefficient (Wildman–Crippen LogP) is 3.98. The molecule has 1 N–H and O–H groups in total. The maximum Gasteiger partial charge on any atom is 0.255 e. The molecule has 1 aliphatic heterocycles. The number of rotatable bonds is 7. The van der Waals surface area contributed by atoms with Gasteiger partial charge in [0.25, 0.3) is 5.91 Å². The fourth-order valence-corrected chi connectivity index (χ4v) is 4.24. The van der Waals surface area contributed by atoms with Gasteiger partial charge in [0.05, 0.1) is 14.2 Å². The molecule has 3 aromatic rings. The van der Waals surface area contributed by atoms with E-state index in [1.54, 1.807) is 19.1 Å². The van der Waals surface area contributed by atoms with Crippen molar-refractivity contribution < 1.29 is 19.1 Å². The van der Waals surface area contributed by atoms with Crippen LogP contribution in [0.25, 0.3) is 0 Å². The van der Waals surface area contributed by atoms with Crippen molar-refractivity contribution in [3.8, 4) is 11.5 Å². The minimum Gasteiger partial charge on any atom is -0.497 e. The molecule has 6 heteroatoms. The Hall–Kier alpha value is -3.80. The summed E-state index contributed by atoms with van der Waals surface area (Å²) < 4.78 is 10.5. The zero-order valence-electron chi connectivity index (χ0n) is 19.1. The lowest BCUT2D eigenvalue weighted by Crippen LogP contribution is -2.62. The lowest BCUT2D eigenvalue weighted by molar-refractivity contribution is -0.132. The molecule has 3 aromatic carbocycles. The van der Waals surface area contributed by atoms with Gasteiger partial charge in [0.1, 0.15) is 17.0 Å². The molecule has 1 heterocycles. The first kappa shape index (κ1) is 22.4. The molecule has 0 aromatic heterocycles. The van der Waals surface area contributed by atoms with Gasteiger partial charge in [-0.05, 0) is 53.9 Å². The topological polar surface area (TPSA) is 67.9 Å². The van der Waals surface area contributed by atoms with Crippen molar-refractivity contribution >= 4 is 11.8 Å². The Morgan fingerprint density at radius 1 is 0.939 bits per heavy atom. The Morgan fingerprint density at radius 3 is 2.39 bits per heavy atom. The van der Waals surface area contributed by atoms with Crippen molar-refractivity contribution in [2.45, 2.75) is 32.0 Å². The molecule has 6 nitrogen and oxygen atoms in total. The summed E-state index contributed by atoms with van der Waals surface area (Å²) in [6, 6.07) is 22.6. The van der Waals surface area contributed by atoms with Crippen molar-refractivity contribution in [1.29, 1.82) is 0 Å². The van der Waals surface area contributed by atoms with E-state index in [0.29, 0.717) is 25.1 Å². The van der Waals surface area contributed by atoms with Gasteiger partial charge < -0.3 is 19.7 Å². The van der Waals surface area contributed by atoms with Crippen LogP contribution in [0.3, 0.4) is 0 Å². The highest BCUT2D eigenvalue weighted by molar-refractivity contribution is 6.02. The lowest BCUT2D eigenvalue weighted by atomic mass is 9.82. The summed E-state index contributed by atoms with van der Waals surface area (Å²) in [5.41, 5.74) is 2.34. The highest BCUT2D eigenvalue weighted by Crippen LogP contribution is 2.33. The third-order valence-corrected chi connectivity index (χ3v) is 6.20. The zero-order chi connectivity index (χ0) is 23.4. The first-order valence-corrected chi connectivity index (χ1v) is 10.9. The van der Waals surface area contributed by atoms with Crippen molar-refractivity contribution in [2.24, 2.45) is 0 Å². The average Bonchev–Trinajstić information content (AvgIpc) is 2.85.